The molecule has 9 heteroatoms. The van der Waals surface area contributed by atoms with Gasteiger partial charge in [0.15, 0.2) is 11.5 Å². The molecule has 0 N–H and O–H groups in total. The Bertz CT molecular complexity index is 744. The van der Waals surface area contributed by atoms with Gasteiger partial charge in [-0.2, -0.15) is 13.2 Å². The van der Waals surface area contributed by atoms with Crippen LogP contribution in [0.4, 0.5) is 13.2 Å². The van der Waals surface area contributed by atoms with Gasteiger partial charge in [0.05, 0.1) is 39.7 Å². The van der Waals surface area contributed by atoms with Crippen molar-refractivity contribution >= 4 is 5.91 Å². The van der Waals surface area contributed by atoms with Gasteiger partial charge < -0.3 is 23.5 Å². The van der Waals surface area contributed by atoms with E-state index in [-0.39, 0.29) is 35.1 Å². The Kier molecular flexibility index (Phi) is 6.01. The first kappa shape index (κ1) is 19.5. The highest BCUT2D eigenvalue weighted by Crippen LogP contribution is 2.35. The molecule has 0 aliphatic heterocycles. The second-order valence-electron chi connectivity index (χ2n) is 5.26. The minimum Gasteiger partial charge on any atom is -0.496 e. The van der Waals surface area contributed by atoms with E-state index in [1.165, 1.54) is 51.9 Å². The zero-order valence-corrected chi connectivity index (χ0v) is 14.4. The molecule has 0 fully saturated rings. The molecule has 26 heavy (non-hydrogen) atoms. The molecule has 1 heterocycles. The molecule has 0 aliphatic carbocycles. The average Bonchev–Trinajstić information content (AvgIpc) is 3.11. The normalized spacial score (nSPS) is 11.2. The van der Waals surface area contributed by atoms with Crippen molar-refractivity contribution in [3.8, 4) is 17.2 Å². The first-order valence-corrected chi connectivity index (χ1v) is 7.47. The fraction of sp³-hybridized carbons (Fsp3) is 0.353. The Morgan fingerprint density at radius 2 is 1.69 bits per heavy atom. The van der Waals surface area contributed by atoms with Crippen LogP contribution in [-0.2, 0) is 6.54 Å². The van der Waals surface area contributed by atoms with E-state index >= 15 is 0 Å². The molecule has 2 rings (SSSR count). The number of halogens is 3. The van der Waals surface area contributed by atoms with Crippen LogP contribution in [0.2, 0.25) is 0 Å². The van der Waals surface area contributed by atoms with Crippen LogP contribution in [0, 0.1) is 0 Å². The second-order valence-corrected chi connectivity index (χ2v) is 5.26. The standard InChI is InChI=1S/C17H18F3NO5/c1-23-13-8-15(25-3)14(24-2)7-12(13)16(22)21(10-17(18,19)20)9-11-5-4-6-26-11/h4-8H,9-10H2,1-3H3. The third-order valence-corrected chi connectivity index (χ3v) is 3.52. The third-order valence-electron chi connectivity index (χ3n) is 3.52. The number of amides is 1. The zero-order valence-electron chi connectivity index (χ0n) is 14.4. The molecule has 0 saturated heterocycles. The zero-order chi connectivity index (χ0) is 19.3. The van der Waals surface area contributed by atoms with Crippen LogP contribution < -0.4 is 14.2 Å². The SMILES string of the molecule is COc1cc(OC)c(C(=O)N(Cc2ccco2)CC(F)(F)F)cc1OC. The summed E-state index contributed by atoms with van der Waals surface area (Å²) in [5.74, 6) is -0.103. The van der Waals surface area contributed by atoms with E-state index in [9.17, 15) is 18.0 Å². The molecule has 1 aromatic heterocycles. The van der Waals surface area contributed by atoms with Crippen LogP contribution >= 0.6 is 0 Å². The molecule has 142 valence electrons. The molecule has 0 spiro atoms. The van der Waals surface area contributed by atoms with Gasteiger partial charge in [-0.15, -0.1) is 0 Å². The number of carbonyl (C=O) groups is 1. The molecule has 0 aliphatic rings. The average molecular weight is 373 g/mol. The smallest absolute Gasteiger partial charge is 0.406 e. The number of alkyl halides is 3. The first-order valence-electron chi connectivity index (χ1n) is 7.47. The Morgan fingerprint density at radius 3 is 2.19 bits per heavy atom. The van der Waals surface area contributed by atoms with E-state index < -0.39 is 18.6 Å². The number of rotatable bonds is 7. The van der Waals surface area contributed by atoms with Crippen molar-refractivity contribution in [2.75, 3.05) is 27.9 Å². The number of benzene rings is 1. The maximum absolute atomic E-state index is 13.0. The Labute approximate surface area is 148 Å². The fourth-order valence-corrected chi connectivity index (χ4v) is 2.37. The van der Waals surface area contributed by atoms with Crippen molar-refractivity contribution in [1.82, 2.24) is 4.90 Å². The number of furan rings is 1. The van der Waals surface area contributed by atoms with Crippen molar-refractivity contribution in [1.29, 1.82) is 0 Å². The molecular weight excluding hydrogens is 355 g/mol. The predicted molar refractivity (Wildman–Crippen MR) is 85.6 cm³/mol. The Hall–Kier alpha value is -2.84. The molecule has 6 nitrogen and oxygen atoms in total. The monoisotopic (exact) mass is 373 g/mol. The number of nitrogens with zero attached hydrogens (tertiary/aromatic N) is 1. The van der Waals surface area contributed by atoms with Gasteiger partial charge in [-0.05, 0) is 12.1 Å². The van der Waals surface area contributed by atoms with Crippen LogP contribution in [0.5, 0.6) is 17.2 Å². The molecule has 0 radical (unpaired) electrons. The summed E-state index contributed by atoms with van der Waals surface area (Å²) in [6, 6.07) is 5.68. The highest BCUT2D eigenvalue weighted by Gasteiger charge is 2.35. The molecule has 0 saturated carbocycles. The summed E-state index contributed by atoms with van der Waals surface area (Å²) in [7, 11) is 4.05. The van der Waals surface area contributed by atoms with Crippen molar-refractivity contribution in [2.45, 2.75) is 12.7 Å². The van der Waals surface area contributed by atoms with E-state index in [1.54, 1.807) is 0 Å². The number of carbonyl (C=O) groups excluding carboxylic acids is 1. The lowest BCUT2D eigenvalue weighted by atomic mass is 10.1. The maximum Gasteiger partial charge on any atom is 0.406 e. The minimum absolute atomic E-state index is 0.0688. The molecule has 2 aromatic rings. The van der Waals surface area contributed by atoms with Crippen molar-refractivity contribution < 1.29 is 36.6 Å². The van der Waals surface area contributed by atoms with E-state index in [1.807, 2.05) is 0 Å². The maximum atomic E-state index is 13.0. The van der Waals surface area contributed by atoms with Gasteiger partial charge in [0.2, 0.25) is 0 Å². The molecule has 0 bridgehead atoms. The van der Waals surface area contributed by atoms with Gasteiger partial charge >= 0.3 is 6.18 Å². The van der Waals surface area contributed by atoms with Gasteiger partial charge in [0, 0.05) is 12.1 Å². The van der Waals surface area contributed by atoms with Crippen molar-refractivity contribution in [2.24, 2.45) is 0 Å². The van der Waals surface area contributed by atoms with Gasteiger partial charge in [-0.25, -0.2) is 0 Å². The highest BCUT2D eigenvalue weighted by molar-refractivity contribution is 5.97. The lowest BCUT2D eigenvalue weighted by Crippen LogP contribution is -2.38. The van der Waals surface area contributed by atoms with Crippen LogP contribution in [0.3, 0.4) is 0 Å². The summed E-state index contributed by atoms with van der Waals surface area (Å²) in [5.41, 5.74) is -0.0824. The van der Waals surface area contributed by atoms with Gasteiger partial charge in [-0.1, -0.05) is 0 Å². The topological polar surface area (TPSA) is 61.1 Å². The number of methoxy groups -OCH3 is 3. The molecule has 0 unspecified atom stereocenters. The number of hydrogen-bond donors (Lipinski definition) is 0. The van der Waals surface area contributed by atoms with E-state index in [4.69, 9.17) is 18.6 Å². The summed E-state index contributed by atoms with van der Waals surface area (Å²) in [4.78, 5) is 13.4. The number of hydrogen-bond acceptors (Lipinski definition) is 5. The van der Waals surface area contributed by atoms with E-state index in [2.05, 4.69) is 0 Å². The molecule has 1 amide bonds. The highest BCUT2D eigenvalue weighted by atomic mass is 19.4. The van der Waals surface area contributed by atoms with Gasteiger partial charge in [-0.3, -0.25) is 4.79 Å². The van der Waals surface area contributed by atoms with Crippen LogP contribution in [0.15, 0.2) is 34.9 Å². The first-order chi connectivity index (χ1) is 12.3. The number of ether oxygens (including phenoxy) is 3. The van der Waals surface area contributed by atoms with Crippen LogP contribution in [0.25, 0.3) is 0 Å². The summed E-state index contributed by atoms with van der Waals surface area (Å²) in [6.45, 7) is -1.78. The quantitative estimate of drug-likeness (QED) is 0.743. The van der Waals surface area contributed by atoms with E-state index in [0.717, 1.165) is 0 Å². The Morgan fingerprint density at radius 1 is 1.08 bits per heavy atom. The third kappa shape index (κ3) is 4.62. The van der Waals surface area contributed by atoms with Crippen molar-refractivity contribution in [3.05, 3.63) is 41.9 Å². The largest absolute Gasteiger partial charge is 0.496 e. The second kappa shape index (κ2) is 8.03. The molecule has 0 atom stereocenters. The van der Waals surface area contributed by atoms with Gasteiger partial charge in [0.25, 0.3) is 5.91 Å². The fourth-order valence-electron chi connectivity index (χ4n) is 2.37. The Balaban J connectivity index is 2.43. The van der Waals surface area contributed by atoms with Crippen LogP contribution in [-0.4, -0.2) is 44.9 Å². The van der Waals surface area contributed by atoms with Crippen molar-refractivity contribution in [3.63, 3.8) is 0 Å². The lowest BCUT2D eigenvalue weighted by molar-refractivity contribution is -0.142. The summed E-state index contributed by atoms with van der Waals surface area (Å²) in [5, 5.41) is 0. The summed E-state index contributed by atoms with van der Waals surface area (Å²) in [6.07, 6.45) is -3.26. The van der Waals surface area contributed by atoms with Crippen LogP contribution in [0.1, 0.15) is 16.1 Å². The molecule has 1 aromatic carbocycles. The minimum atomic E-state index is -4.58. The predicted octanol–water partition coefficient (Wildman–Crippen LogP) is 3.51. The molecular formula is C17H18F3NO5. The van der Waals surface area contributed by atoms with E-state index in [0.29, 0.717) is 4.90 Å². The summed E-state index contributed by atoms with van der Waals surface area (Å²) >= 11 is 0. The lowest BCUT2D eigenvalue weighted by Gasteiger charge is -2.24. The van der Waals surface area contributed by atoms with Gasteiger partial charge in [0.1, 0.15) is 18.1 Å². The summed E-state index contributed by atoms with van der Waals surface area (Å²) < 4.78 is 59.3.